The van der Waals surface area contributed by atoms with Crippen LogP contribution in [0.4, 0.5) is 5.69 Å². The first-order chi connectivity index (χ1) is 9.83. The van der Waals surface area contributed by atoms with E-state index in [1.54, 1.807) is 13.0 Å². The number of ether oxygens (including phenoxy) is 1. The van der Waals surface area contributed by atoms with Crippen molar-refractivity contribution in [2.75, 3.05) is 13.7 Å². The van der Waals surface area contributed by atoms with E-state index >= 15 is 0 Å². The third-order valence-corrected chi connectivity index (χ3v) is 3.18. The fourth-order valence-corrected chi connectivity index (χ4v) is 2.22. The normalized spacial score (nSPS) is 13.9. The Morgan fingerprint density at radius 2 is 2.24 bits per heavy atom. The number of halogens is 1. The molecule has 0 fully saturated rings. The smallest absolute Gasteiger partial charge is 0.271 e. The van der Waals surface area contributed by atoms with Crippen LogP contribution < -0.4 is 5.73 Å². The van der Waals surface area contributed by atoms with E-state index in [4.69, 9.17) is 15.0 Å². The Balaban J connectivity index is 2.40. The fraction of sp³-hybridized carbons (Fsp3) is 0.333. The van der Waals surface area contributed by atoms with E-state index in [1.165, 1.54) is 19.2 Å². The number of nitro groups is 1. The number of rotatable bonds is 5. The van der Waals surface area contributed by atoms with Crippen LogP contribution in [-0.2, 0) is 10.3 Å². The topological polar surface area (TPSA) is 117 Å². The molecule has 0 aliphatic carbocycles. The van der Waals surface area contributed by atoms with Crippen LogP contribution in [0, 0.1) is 10.1 Å². The van der Waals surface area contributed by atoms with Crippen LogP contribution in [0.15, 0.2) is 27.2 Å². The Morgan fingerprint density at radius 1 is 1.52 bits per heavy atom. The number of non-ortho nitro benzene ring substituents is 1. The molecule has 0 radical (unpaired) electrons. The largest absolute Gasteiger partial charge is 0.382 e. The first-order valence-corrected chi connectivity index (χ1v) is 6.70. The second-order valence-corrected chi connectivity index (χ2v) is 5.64. The molecular formula is C12H13BrN4O4. The van der Waals surface area contributed by atoms with Crippen LogP contribution in [-0.4, -0.2) is 28.8 Å². The first kappa shape index (κ1) is 15.5. The van der Waals surface area contributed by atoms with Gasteiger partial charge in [-0.05, 0) is 13.0 Å². The van der Waals surface area contributed by atoms with Crippen molar-refractivity contribution in [1.82, 2.24) is 10.1 Å². The molecule has 0 spiro atoms. The van der Waals surface area contributed by atoms with Gasteiger partial charge in [0.05, 0.1) is 11.5 Å². The molecule has 112 valence electrons. The second-order valence-electron chi connectivity index (χ2n) is 4.73. The molecule has 8 nitrogen and oxygen atoms in total. The second kappa shape index (κ2) is 5.88. The van der Waals surface area contributed by atoms with Crippen LogP contribution in [0.1, 0.15) is 12.7 Å². The average Bonchev–Trinajstić information content (AvgIpc) is 2.88. The lowest BCUT2D eigenvalue weighted by molar-refractivity contribution is -0.384. The molecule has 0 bridgehead atoms. The van der Waals surface area contributed by atoms with E-state index in [0.29, 0.717) is 10.0 Å². The SMILES string of the molecule is COCC(C)(N)c1noc(-c2cc(Br)cc([N+](=O)[O-])c2)n1. The van der Waals surface area contributed by atoms with Gasteiger partial charge in [-0.1, -0.05) is 21.1 Å². The van der Waals surface area contributed by atoms with Gasteiger partial charge in [-0.15, -0.1) is 0 Å². The Morgan fingerprint density at radius 3 is 2.86 bits per heavy atom. The molecule has 2 aromatic rings. The van der Waals surface area contributed by atoms with Crippen LogP contribution in [0.2, 0.25) is 0 Å². The van der Waals surface area contributed by atoms with E-state index in [9.17, 15) is 10.1 Å². The number of nitrogens with two attached hydrogens (primary N) is 1. The molecule has 2 rings (SSSR count). The highest BCUT2D eigenvalue weighted by Crippen LogP contribution is 2.28. The van der Waals surface area contributed by atoms with Crippen molar-refractivity contribution >= 4 is 21.6 Å². The molecule has 21 heavy (non-hydrogen) atoms. The van der Waals surface area contributed by atoms with Gasteiger partial charge in [0.25, 0.3) is 11.6 Å². The lowest BCUT2D eigenvalue weighted by Crippen LogP contribution is -2.38. The number of nitro benzene ring substituents is 1. The molecule has 0 aliphatic heterocycles. The lowest BCUT2D eigenvalue weighted by atomic mass is 10.1. The summed E-state index contributed by atoms with van der Waals surface area (Å²) in [5.74, 6) is 0.421. The van der Waals surface area contributed by atoms with Crippen LogP contribution in [0.25, 0.3) is 11.5 Å². The maximum atomic E-state index is 10.9. The summed E-state index contributed by atoms with van der Waals surface area (Å²) in [6, 6.07) is 4.39. The van der Waals surface area contributed by atoms with Gasteiger partial charge in [-0.25, -0.2) is 0 Å². The van der Waals surface area contributed by atoms with E-state index in [0.717, 1.165) is 0 Å². The summed E-state index contributed by atoms with van der Waals surface area (Å²) in [6.45, 7) is 1.92. The number of methoxy groups -OCH3 is 1. The highest BCUT2D eigenvalue weighted by molar-refractivity contribution is 9.10. The van der Waals surface area contributed by atoms with E-state index in [2.05, 4.69) is 26.1 Å². The summed E-state index contributed by atoms with van der Waals surface area (Å²) in [6.07, 6.45) is 0. The van der Waals surface area contributed by atoms with Gasteiger partial charge in [0.15, 0.2) is 5.82 Å². The number of benzene rings is 1. The van der Waals surface area contributed by atoms with Gasteiger partial charge in [0, 0.05) is 29.3 Å². The zero-order chi connectivity index (χ0) is 15.6. The van der Waals surface area contributed by atoms with E-state index in [-0.39, 0.29) is 24.0 Å². The molecule has 0 amide bonds. The molecule has 1 unspecified atom stereocenters. The Kier molecular flexibility index (Phi) is 4.35. The maximum Gasteiger partial charge on any atom is 0.271 e. The molecule has 1 heterocycles. The molecule has 1 atom stereocenters. The summed E-state index contributed by atoms with van der Waals surface area (Å²) in [7, 11) is 1.52. The average molecular weight is 357 g/mol. The monoisotopic (exact) mass is 356 g/mol. The van der Waals surface area contributed by atoms with Gasteiger partial charge in [-0.3, -0.25) is 10.1 Å². The van der Waals surface area contributed by atoms with Gasteiger partial charge in [0.2, 0.25) is 0 Å². The minimum Gasteiger partial charge on any atom is -0.382 e. The van der Waals surface area contributed by atoms with Crippen molar-refractivity contribution in [3.63, 3.8) is 0 Å². The van der Waals surface area contributed by atoms with Crippen molar-refractivity contribution in [2.45, 2.75) is 12.5 Å². The zero-order valence-electron chi connectivity index (χ0n) is 11.4. The third kappa shape index (κ3) is 3.43. The number of nitrogens with zero attached hydrogens (tertiary/aromatic N) is 3. The summed E-state index contributed by atoms with van der Waals surface area (Å²) < 4.78 is 10.7. The molecule has 1 aromatic carbocycles. The van der Waals surface area contributed by atoms with Gasteiger partial charge in [-0.2, -0.15) is 4.98 Å². The predicted molar refractivity (Wildman–Crippen MR) is 77.5 cm³/mol. The highest BCUT2D eigenvalue weighted by atomic mass is 79.9. The van der Waals surface area contributed by atoms with E-state index in [1.807, 2.05) is 0 Å². The van der Waals surface area contributed by atoms with Crippen LogP contribution in [0.3, 0.4) is 0 Å². The Hall–Kier alpha value is -1.84. The molecule has 1 aromatic heterocycles. The quantitative estimate of drug-likeness (QED) is 0.644. The summed E-state index contributed by atoms with van der Waals surface area (Å²) in [5, 5.41) is 14.7. The molecule has 0 saturated heterocycles. The van der Waals surface area contributed by atoms with E-state index < -0.39 is 10.5 Å². The molecule has 9 heteroatoms. The van der Waals surface area contributed by atoms with Crippen LogP contribution in [0.5, 0.6) is 0 Å². The summed E-state index contributed by atoms with van der Waals surface area (Å²) >= 11 is 3.21. The van der Waals surface area contributed by atoms with Crippen molar-refractivity contribution in [1.29, 1.82) is 0 Å². The van der Waals surface area contributed by atoms with Gasteiger partial charge < -0.3 is 15.0 Å². The number of hydrogen-bond donors (Lipinski definition) is 1. The molecule has 0 saturated carbocycles. The summed E-state index contributed by atoms with van der Waals surface area (Å²) in [4.78, 5) is 14.6. The number of hydrogen-bond acceptors (Lipinski definition) is 7. The predicted octanol–water partition coefficient (Wildman–Crippen LogP) is 2.23. The standard InChI is InChI=1S/C12H13BrN4O4/c1-12(14,6-20-2)11-15-10(21-16-11)7-3-8(13)5-9(4-7)17(18)19/h3-5H,6,14H2,1-2H3. The fourth-order valence-electron chi connectivity index (χ4n) is 1.74. The highest BCUT2D eigenvalue weighted by Gasteiger charge is 2.28. The van der Waals surface area contributed by atoms with Crippen molar-refractivity contribution < 1.29 is 14.2 Å². The zero-order valence-corrected chi connectivity index (χ0v) is 13.0. The third-order valence-electron chi connectivity index (χ3n) is 2.72. The lowest BCUT2D eigenvalue weighted by Gasteiger charge is -2.18. The first-order valence-electron chi connectivity index (χ1n) is 5.91. The maximum absolute atomic E-state index is 10.9. The van der Waals surface area contributed by atoms with Crippen molar-refractivity contribution in [3.05, 3.63) is 38.6 Å². The number of aromatic nitrogens is 2. The van der Waals surface area contributed by atoms with Gasteiger partial charge >= 0.3 is 0 Å². The van der Waals surface area contributed by atoms with Crippen LogP contribution >= 0.6 is 15.9 Å². The van der Waals surface area contributed by atoms with Crippen molar-refractivity contribution in [2.24, 2.45) is 5.73 Å². The molecular weight excluding hydrogens is 344 g/mol. The minimum absolute atomic E-state index is 0.0773. The summed E-state index contributed by atoms with van der Waals surface area (Å²) in [5.41, 5.74) is 5.47. The van der Waals surface area contributed by atoms with Gasteiger partial charge in [0.1, 0.15) is 5.54 Å². The van der Waals surface area contributed by atoms with Crippen molar-refractivity contribution in [3.8, 4) is 11.5 Å². The minimum atomic E-state index is -0.908. The molecule has 2 N–H and O–H groups in total. The molecule has 0 aliphatic rings. The Labute approximate surface area is 128 Å². The Bertz CT molecular complexity index is 671.